The first-order valence-electron chi connectivity index (χ1n) is 5.45. The van der Waals surface area contributed by atoms with Gasteiger partial charge in [0.2, 0.25) is 0 Å². The highest BCUT2D eigenvalue weighted by molar-refractivity contribution is 7.80. The smallest absolute Gasteiger partial charge is 0.388 e. The van der Waals surface area contributed by atoms with Gasteiger partial charge >= 0.3 is 6.18 Å². The van der Waals surface area contributed by atoms with E-state index >= 15 is 0 Å². The molecule has 0 radical (unpaired) electrons. The molecule has 1 aromatic heterocycles. The normalized spacial score (nSPS) is 11.3. The number of pyridine rings is 1. The molecule has 0 spiro atoms. The van der Waals surface area contributed by atoms with Crippen LogP contribution in [0.5, 0.6) is 0 Å². The Hall–Kier alpha value is -1.37. The minimum atomic E-state index is -4.07. The quantitative estimate of drug-likeness (QED) is 0.620. The number of halogens is 3. The first kappa shape index (κ1) is 14.7. The van der Waals surface area contributed by atoms with Crippen LogP contribution in [0.4, 0.5) is 18.9 Å². The third-order valence-corrected chi connectivity index (χ3v) is 2.44. The highest BCUT2D eigenvalue weighted by Gasteiger charge is 2.25. The van der Waals surface area contributed by atoms with E-state index in [1.807, 2.05) is 0 Å². The van der Waals surface area contributed by atoms with Gasteiger partial charge in [-0.15, -0.1) is 0 Å². The van der Waals surface area contributed by atoms with Crippen molar-refractivity contribution in [2.45, 2.75) is 25.4 Å². The SMILES string of the molecule is NC(=S)c1cc(NCCCCC(F)(F)F)ccn1. The fourth-order valence-corrected chi connectivity index (χ4v) is 1.47. The van der Waals surface area contributed by atoms with E-state index < -0.39 is 12.6 Å². The number of nitrogens with two attached hydrogens (primary N) is 1. The van der Waals surface area contributed by atoms with Crippen molar-refractivity contribution in [3.05, 3.63) is 24.0 Å². The summed E-state index contributed by atoms with van der Waals surface area (Å²) in [7, 11) is 0. The summed E-state index contributed by atoms with van der Waals surface area (Å²) < 4.78 is 35.7. The Kier molecular flexibility index (Phi) is 5.33. The molecule has 0 aliphatic carbocycles. The molecular weight excluding hydrogens is 263 g/mol. The molecule has 1 rings (SSSR count). The van der Waals surface area contributed by atoms with Crippen molar-refractivity contribution in [3.63, 3.8) is 0 Å². The maximum absolute atomic E-state index is 11.9. The zero-order valence-electron chi connectivity index (χ0n) is 9.63. The molecule has 0 amide bonds. The lowest BCUT2D eigenvalue weighted by Gasteiger charge is -2.08. The summed E-state index contributed by atoms with van der Waals surface area (Å²) in [5.41, 5.74) is 6.66. The van der Waals surface area contributed by atoms with Crippen molar-refractivity contribution in [2.24, 2.45) is 5.73 Å². The van der Waals surface area contributed by atoms with Gasteiger partial charge in [-0.25, -0.2) is 0 Å². The molecule has 0 saturated carbocycles. The van der Waals surface area contributed by atoms with E-state index in [2.05, 4.69) is 10.3 Å². The number of hydrogen-bond acceptors (Lipinski definition) is 3. The van der Waals surface area contributed by atoms with Crippen LogP contribution < -0.4 is 11.1 Å². The molecule has 7 heteroatoms. The molecule has 0 saturated heterocycles. The van der Waals surface area contributed by atoms with Gasteiger partial charge in [0, 0.05) is 24.8 Å². The number of unbranched alkanes of at least 4 members (excludes halogenated alkanes) is 1. The average Bonchev–Trinajstić information content (AvgIpc) is 2.27. The van der Waals surface area contributed by atoms with Crippen molar-refractivity contribution < 1.29 is 13.2 Å². The van der Waals surface area contributed by atoms with Gasteiger partial charge in [-0.1, -0.05) is 12.2 Å². The lowest BCUT2D eigenvalue weighted by molar-refractivity contribution is -0.135. The van der Waals surface area contributed by atoms with E-state index in [-0.39, 0.29) is 11.4 Å². The molecule has 1 aromatic rings. The topological polar surface area (TPSA) is 50.9 Å². The second-order valence-electron chi connectivity index (χ2n) is 3.79. The zero-order chi connectivity index (χ0) is 13.6. The van der Waals surface area contributed by atoms with Crippen molar-refractivity contribution in [3.8, 4) is 0 Å². The number of nitrogens with one attached hydrogen (secondary N) is 1. The maximum atomic E-state index is 11.9. The first-order valence-corrected chi connectivity index (χ1v) is 5.86. The van der Waals surface area contributed by atoms with Gasteiger partial charge in [0.25, 0.3) is 0 Å². The summed E-state index contributed by atoms with van der Waals surface area (Å²) in [5, 5.41) is 3.00. The number of anilines is 1. The number of aromatic nitrogens is 1. The molecule has 3 N–H and O–H groups in total. The van der Waals surface area contributed by atoms with Crippen LogP contribution in [0.3, 0.4) is 0 Å². The Morgan fingerprint density at radius 3 is 2.72 bits per heavy atom. The molecule has 1 heterocycles. The molecule has 0 fully saturated rings. The lowest BCUT2D eigenvalue weighted by Crippen LogP contribution is -2.12. The Labute approximate surface area is 109 Å². The summed E-state index contributed by atoms with van der Waals surface area (Å²) in [5.74, 6) is 0. The molecule has 0 aromatic carbocycles. The molecule has 3 nitrogen and oxygen atoms in total. The maximum Gasteiger partial charge on any atom is 0.389 e. The van der Waals surface area contributed by atoms with E-state index in [0.29, 0.717) is 18.7 Å². The van der Waals surface area contributed by atoms with Crippen molar-refractivity contribution in [1.82, 2.24) is 4.98 Å². The van der Waals surface area contributed by atoms with E-state index in [1.54, 1.807) is 18.3 Å². The summed E-state index contributed by atoms with van der Waals surface area (Å²) in [6.45, 7) is 0.469. The van der Waals surface area contributed by atoms with E-state index in [1.165, 1.54) is 0 Å². The monoisotopic (exact) mass is 277 g/mol. The van der Waals surface area contributed by atoms with Crippen molar-refractivity contribution >= 4 is 22.9 Å². The predicted octanol–water partition coefficient (Wildman–Crippen LogP) is 2.86. The summed E-state index contributed by atoms with van der Waals surface area (Å²) in [6, 6.07) is 3.39. The van der Waals surface area contributed by atoms with Crippen molar-refractivity contribution in [2.75, 3.05) is 11.9 Å². The highest BCUT2D eigenvalue weighted by Crippen LogP contribution is 2.22. The Morgan fingerprint density at radius 2 is 2.11 bits per heavy atom. The van der Waals surface area contributed by atoms with Gasteiger partial charge in [-0.3, -0.25) is 4.98 Å². The highest BCUT2D eigenvalue weighted by atomic mass is 32.1. The Balaban J connectivity index is 2.31. The van der Waals surface area contributed by atoms with Gasteiger partial charge in [0.1, 0.15) is 4.99 Å². The van der Waals surface area contributed by atoms with Gasteiger partial charge in [0.15, 0.2) is 0 Å². The number of hydrogen-bond donors (Lipinski definition) is 2. The summed E-state index contributed by atoms with van der Waals surface area (Å²) in [4.78, 5) is 4.15. The molecule has 18 heavy (non-hydrogen) atoms. The minimum absolute atomic E-state index is 0.115. The third-order valence-electron chi connectivity index (χ3n) is 2.23. The Bertz CT molecular complexity index is 407. The average molecular weight is 277 g/mol. The zero-order valence-corrected chi connectivity index (χ0v) is 10.4. The van der Waals surface area contributed by atoms with Gasteiger partial charge < -0.3 is 11.1 Å². The van der Waals surface area contributed by atoms with Crippen LogP contribution in [0.1, 0.15) is 25.0 Å². The van der Waals surface area contributed by atoms with Gasteiger partial charge in [-0.2, -0.15) is 13.2 Å². The van der Waals surface area contributed by atoms with Crippen LogP contribution in [-0.4, -0.2) is 22.7 Å². The molecule has 0 unspecified atom stereocenters. The lowest BCUT2D eigenvalue weighted by atomic mass is 10.2. The van der Waals surface area contributed by atoms with E-state index in [9.17, 15) is 13.2 Å². The van der Waals surface area contributed by atoms with Gasteiger partial charge in [-0.05, 0) is 25.0 Å². The first-order chi connectivity index (χ1) is 8.38. The third kappa shape index (κ3) is 5.81. The summed E-state index contributed by atoms with van der Waals surface area (Å²) >= 11 is 4.78. The molecule has 0 atom stereocenters. The second kappa shape index (κ2) is 6.53. The van der Waals surface area contributed by atoms with Crippen LogP contribution in [0, 0.1) is 0 Å². The minimum Gasteiger partial charge on any atom is -0.388 e. The molecule has 0 aliphatic rings. The van der Waals surface area contributed by atoms with Crippen LogP contribution in [-0.2, 0) is 0 Å². The van der Waals surface area contributed by atoms with E-state index in [0.717, 1.165) is 5.69 Å². The van der Waals surface area contributed by atoms with E-state index in [4.69, 9.17) is 18.0 Å². The standard InChI is InChI=1S/C11H14F3N3S/c12-11(13,14)4-1-2-5-16-8-3-6-17-9(7-8)10(15)18/h3,6-7H,1-2,4-5H2,(H2,15,18)(H,16,17). The second-order valence-corrected chi connectivity index (χ2v) is 4.23. The fraction of sp³-hybridized carbons (Fsp3) is 0.455. The molecular formula is C11H14F3N3S. The van der Waals surface area contributed by atoms with Crippen LogP contribution in [0.15, 0.2) is 18.3 Å². The molecule has 0 aliphatic heterocycles. The Morgan fingerprint density at radius 1 is 1.39 bits per heavy atom. The summed E-state index contributed by atoms with van der Waals surface area (Å²) in [6.07, 6.45) is -2.71. The number of alkyl halides is 3. The number of thiocarbonyl (C=S) groups is 1. The predicted molar refractivity (Wildman–Crippen MR) is 68.5 cm³/mol. The fourth-order valence-electron chi connectivity index (χ4n) is 1.36. The van der Waals surface area contributed by atoms with Crippen molar-refractivity contribution in [1.29, 1.82) is 0 Å². The van der Waals surface area contributed by atoms with Crippen LogP contribution >= 0.6 is 12.2 Å². The molecule has 100 valence electrons. The van der Waals surface area contributed by atoms with Crippen LogP contribution in [0.2, 0.25) is 0 Å². The largest absolute Gasteiger partial charge is 0.389 e. The van der Waals surface area contributed by atoms with Gasteiger partial charge in [0.05, 0.1) is 5.69 Å². The van der Waals surface area contributed by atoms with Crippen LogP contribution in [0.25, 0.3) is 0 Å². The molecule has 0 bridgehead atoms. The number of nitrogens with zero attached hydrogens (tertiary/aromatic N) is 1. The number of rotatable bonds is 6.